The van der Waals surface area contributed by atoms with Crippen LogP contribution in [0, 0.1) is 5.82 Å². The van der Waals surface area contributed by atoms with E-state index >= 15 is 0 Å². The molecule has 0 aliphatic rings. The van der Waals surface area contributed by atoms with Crippen molar-refractivity contribution in [1.82, 2.24) is 4.57 Å². The first-order chi connectivity index (χ1) is 12.5. The van der Waals surface area contributed by atoms with E-state index in [1.54, 1.807) is 17.7 Å². The highest BCUT2D eigenvalue weighted by Gasteiger charge is 2.16. The van der Waals surface area contributed by atoms with Crippen LogP contribution in [0.15, 0.2) is 58.6 Å². The van der Waals surface area contributed by atoms with Crippen LogP contribution in [0.1, 0.15) is 22.8 Å². The van der Waals surface area contributed by atoms with E-state index in [1.807, 2.05) is 30.3 Å². The molecule has 0 atom stereocenters. The number of carboxylic acids is 1. The van der Waals surface area contributed by atoms with Crippen LogP contribution in [0.25, 0.3) is 10.9 Å². The fourth-order valence-electron chi connectivity index (χ4n) is 2.63. The van der Waals surface area contributed by atoms with Crippen LogP contribution in [0.3, 0.4) is 0 Å². The third kappa shape index (κ3) is 3.32. The quantitative estimate of drug-likeness (QED) is 0.544. The van der Waals surface area contributed by atoms with Crippen molar-refractivity contribution < 1.29 is 14.3 Å². The van der Waals surface area contributed by atoms with E-state index in [-0.39, 0.29) is 16.6 Å². The lowest BCUT2D eigenvalue weighted by Gasteiger charge is -2.12. The number of nitrogens with one attached hydrogen (secondary N) is 1. The van der Waals surface area contributed by atoms with Crippen molar-refractivity contribution in [2.24, 2.45) is 5.10 Å². The van der Waals surface area contributed by atoms with Gasteiger partial charge < -0.3 is 9.67 Å². The maximum Gasteiger partial charge on any atom is 0.341 e. The van der Waals surface area contributed by atoms with Crippen LogP contribution in [-0.4, -0.2) is 21.9 Å². The molecule has 132 valence electrons. The number of fused-ring (bicyclic) bond motifs is 1. The Bertz CT molecular complexity index is 1060. The number of halogens is 1. The summed E-state index contributed by atoms with van der Waals surface area (Å²) in [5.41, 5.74) is 2.89. The standard InChI is InChI=1S/C19H16FN3O3/c1-2-23-11-14(19(25)26)18(24)13-8-15(20)16(9-17(13)23)22-21-10-12-6-4-3-5-7-12/h3-11,22H,2H2,1H3,(H,25,26). The highest BCUT2D eigenvalue weighted by atomic mass is 19.1. The summed E-state index contributed by atoms with van der Waals surface area (Å²) in [7, 11) is 0. The second kappa shape index (κ2) is 7.18. The smallest absolute Gasteiger partial charge is 0.341 e. The van der Waals surface area contributed by atoms with Gasteiger partial charge in [0.25, 0.3) is 0 Å². The Balaban J connectivity index is 2.04. The van der Waals surface area contributed by atoms with Gasteiger partial charge in [0.2, 0.25) is 5.43 Å². The van der Waals surface area contributed by atoms with Gasteiger partial charge in [0.05, 0.1) is 17.4 Å². The second-order valence-electron chi connectivity index (χ2n) is 5.59. The molecule has 0 bridgehead atoms. The molecule has 0 aliphatic carbocycles. The average Bonchev–Trinajstić information content (AvgIpc) is 2.64. The number of hydrogen-bond acceptors (Lipinski definition) is 4. The topological polar surface area (TPSA) is 83.7 Å². The first-order valence-corrected chi connectivity index (χ1v) is 7.95. The van der Waals surface area contributed by atoms with Gasteiger partial charge in [-0.1, -0.05) is 30.3 Å². The Kier molecular flexibility index (Phi) is 4.79. The second-order valence-corrected chi connectivity index (χ2v) is 5.59. The van der Waals surface area contributed by atoms with Gasteiger partial charge >= 0.3 is 5.97 Å². The van der Waals surface area contributed by atoms with Crippen molar-refractivity contribution in [3.8, 4) is 0 Å². The van der Waals surface area contributed by atoms with E-state index in [0.717, 1.165) is 11.6 Å². The lowest BCUT2D eigenvalue weighted by molar-refractivity contribution is 0.0695. The molecule has 0 saturated carbocycles. The molecule has 1 aromatic heterocycles. The van der Waals surface area contributed by atoms with Crippen molar-refractivity contribution in [2.45, 2.75) is 13.5 Å². The van der Waals surface area contributed by atoms with Gasteiger partial charge in [0, 0.05) is 18.1 Å². The van der Waals surface area contributed by atoms with Crippen LogP contribution in [-0.2, 0) is 6.54 Å². The lowest BCUT2D eigenvalue weighted by Crippen LogP contribution is -2.19. The Morgan fingerprint density at radius 1 is 1.31 bits per heavy atom. The molecule has 7 heteroatoms. The van der Waals surface area contributed by atoms with Gasteiger partial charge in [0.15, 0.2) is 0 Å². The highest BCUT2D eigenvalue weighted by Crippen LogP contribution is 2.22. The van der Waals surface area contributed by atoms with Gasteiger partial charge in [-0.2, -0.15) is 5.10 Å². The number of nitrogens with zero attached hydrogens (tertiary/aromatic N) is 2. The number of benzene rings is 2. The molecule has 0 fully saturated rings. The SMILES string of the molecule is CCn1cc(C(=O)O)c(=O)c2cc(F)c(NN=Cc3ccccc3)cc21. The van der Waals surface area contributed by atoms with E-state index in [4.69, 9.17) is 5.11 Å². The van der Waals surface area contributed by atoms with Gasteiger partial charge in [-0.25, -0.2) is 9.18 Å². The first-order valence-electron chi connectivity index (χ1n) is 7.95. The van der Waals surface area contributed by atoms with E-state index < -0.39 is 17.2 Å². The van der Waals surface area contributed by atoms with Crippen LogP contribution in [0.2, 0.25) is 0 Å². The molecule has 2 N–H and O–H groups in total. The third-order valence-electron chi connectivity index (χ3n) is 3.94. The highest BCUT2D eigenvalue weighted by molar-refractivity contribution is 5.93. The first kappa shape index (κ1) is 17.3. The molecule has 6 nitrogen and oxygen atoms in total. The number of hydrogen-bond donors (Lipinski definition) is 2. The van der Waals surface area contributed by atoms with Crippen LogP contribution in [0.5, 0.6) is 0 Å². The molecule has 26 heavy (non-hydrogen) atoms. The van der Waals surface area contributed by atoms with E-state index in [0.29, 0.717) is 12.1 Å². The summed E-state index contributed by atoms with van der Waals surface area (Å²) < 4.78 is 16.0. The molecule has 0 radical (unpaired) electrons. The van der Waals surface area contributed by atoms with Crippen LogP contribution >= 0.6 is 0 Å². The Morgan fingerprint density at radius 2 is 2.04 bits per heavy atom. The van der Waals surface area contributed by atoms with E-state index in [9.17, 15) is 14.0 Å². The normalized spacial score (nSPS) is 11.2. The monoisotopic (exact) mass is 353 g/mol. The predicted molar refractivity (Wildman–Crippen MR) is 98.5 cm³/mol. The lowest BCUT2D eigenvalue weighted by atomic mass is 10.1. The van der Waals surface area contributed by atoms with Gasteiger partial charge in [-0.3, -0.25) is 10.2 Å². The maximum atomic E-state index is 14.4. The summed E-state index contributed by atoms with van der Waals surface area (Å²) in [5.74, 6) is -2.03. The number of pyridine rings is 1. The van der Waals surface area contributed by atoms with Crippen molar-refractivity contribution in [1.29, 1.82) is 0 Å². The fraction of sp³-hybridized carbons (Fsp3) is 0.105. The van der Waals surface area contributed by atoms with Crippen LogP contribution < -0.4 is 10.9 Å². The number of aromatic nitrogens is 1. The predicted octanol–water partition coefficient (Wildman–Crippen LogP) is 3.30. The third-order valence-corrected chi connectivity index (χ3v) is 3.94. The summed E-state index contributed by atoms with van der Waals surface area (Å²) in [5, 5.41) is 13.2. The molecule has 0 aliphatic heterocycles. The van der Waals surface area contributed by atoms with Crippen molar-refractivity contribution in [2.75, 3.05) is 5.43 Å². The Morgan fingerprint density at radius 3 is 2.69 bits per heavy atom. The number of carbonyl (C=O) groups is 1. The minimum Gasteiger partial charge on any atom is -0.477 e. The zero-order valence-electron chi connectivity index (χ0n) is 13.9. The van der Waals surface area contributed by atoms with Gasteiger partial charge in [-0.15, -0.1) is 0 Å². The van der Waals surface area contributed by atoms with Crippen molar-refractivity contribution in [3.05, 3.63) is 75.8 Å². The summed E-state index contributed by atoms with van der Waals surface area (Å²) in [6.07, 6.45) is 2.81. The molecule has 3 aromatic rings. The number of hydrazone groups is 1. The molecular weight excluding hydrogens is 337 g/mol. The van der Waals surface area contributed by atoms with Gasteiger partial charge in [0.1, 0.15) is 11.4 Å². The number of aryl methyl sites for hydroxylation is 1. The average molecular weight is 353 g/mol. The molecule has 0 amide bonds. The summed E-state index contributed by atoms with van der Waals surface area (Å²) >= 11 is 0. The van der Waals surface area contributed by atoms with Crippen molar-refractivity contribution in [3.63, 3.8) is 0 Å². The number of carboxylic acid groups (broad SMARTS) is 1. The largest absolute Gasteiger partial charge is 0.477 e. The summed E-state index contributed by atoms with van der Waals surface area (Å²) in [6, 6.07) is 11.8. The van der Waals surface area contributed by atoms with Crippen molar-refractivity contribution >= 4 is 28.8 Å². The fourth-order valence-corrected chi connectivity index (χ4v) is 2.63. The maximum absolute atomic E-state index is 14.4. The molecule has 3 rings (SSSR count). The molecule has 2 aromatic carbocycles. The van der Waals surface area contributed by atoms with E-state index in [2.05, 4.69) is 10.5 Å². The summed E-state index contributed by atoms with van der Waals surface area (Å²) in [4.78, 5) is 23.5. The van der Waals surface area contributed by atoms with E-state index in [1.165, 1.54) is 12.3 Å². The molecule has 0 saturated heterocycles. The number of aromatic carboxylic acids is 1. The zero-order chi connectivity index (χ0) is 18.7. The number of anilines is 1. The minimum absolute atomic E-state index is 0.0156. The number of rotatable bonds is 5. The van der Waals surface area contributed by atoms with Crippen LogP contribution in [0.4, 0.5) is 10.1 Å². The molecule has 1 heterocycles. The Hall–Kier alpha value is -3.48. The van der Waals surface area contributed by atoms with Gasteiger partial charge in [-0.05, 0) is 24.6 Å². The molecule has 0 spiro atoms. The minimum atomic E-state index is -1.34. The Labute approximate surface area is 148 Å². The zero-order valence-corrected chi connectivity index (χ0v) is 13.9. The molecule has 0 unspecified atom stereocenters. The summed E-state index contributed by atoms with van der Waals surface area (Å²) in [6.45, 7) is 2.23. The molecular formula is C19H16FN3O3.